The average molecular weight is 209 g/mol. The van der Waals surface area contributed by atoms with Crippen molar-refractivity contribution in [3.05, 3.63) is 28.3 Å². The third-order valence-electron chi connectivity index (χ3n) is 2.28. The van der Waals surface area contributed by atoms with Crippen LogP contribution in [0.2, 0.25) is 0 Å². The second-order valence-corrected chi connectivity index (χ2v) is 3.27. The molecular formula is C10H11NO4. The first-order valence-electron chi connectivity index (χ1n) is 4.22. The molecule has 15 heavy (non-hydrogen) atoms. The SMILES string of the molecule is Cc1cc(C(=O)O)c(C)c(C(=O)O)c1N. The molecule has 1 aromatic rings. The van der Waals surface area contributed by atoms with E-state index in [1.54, 1.807) is 6.92 Å². The molecular weight excluding hydrogens is 198 g/mol. The maximum Gasteiger partial charge on any atom is 0.338 e. The van der Waals surface area contributed by atoms with E-state index in [1.165, 1.54) is 13.0 Å². The molecule has 5 heteroatoms. The Morgan fingerprint density at radius 3 is 2.13 bits per heavy atom. The van der Waals surface area contributed by atoms with Gasteiger partial charge >= 0.3 is 11.9 Å². The van der Waals surface area contributed by atoms with Gasteiger partial charge in [-0.3, -0.25) is 0 Å². The predicted octanol–water partition coefficient (Wildman–Crippen LogP) is 1.28. The average Bonchev–Trinajstić information content (AvgIpc) is 2.10. The summed E-state index contributed by atoms with van der Waals surface area (Å²) < 4.78 is 0. The van der Waals surface area contributed by atoms with Crippen molar-refractivity contribution in [2.24, 2.45) is 0 Å². The van der Waals surface area contributed by atoms with Crippen LogP contribution >= 0.6 is 0 Å². The van der Waals surface area contributed by atoms with Crippen molar-refractivity contribution in [1.29, 1.82) is 0 Å². The van der Waals surface area contributed by atoms with E-state index in [1.807, 2.05) is 0 Å². The van der Waals surface area contributed by atoms with Gasteiger partial charge < -0.3 is 15.9 Å². The molecule has 4 N–H and O–H groups in total. The van der Waals surface area contributed by atoms with Gasteiger partial charge in [-0.05, 0) is 31.0 Å². The number of nitrogen functional groups attached to an aromatic ring is 1. The molecule has 0 saturated heterocycles. The predicted molar refractivity (Wildman–Crippen MR) is 54.2 cm³/mol. The zero-order valence-corrected chi connectivity index (χ0v) is 8.37. The summed E-state index contributed by atoms with van der Waals surface area (Å²) >= 11 is 0. The first-order valence-corrected chi connectivity index (χ1v) is 4.22. The van der Waals surface area contributed by atoms with Crippen molar-refractivity contribution in [2.45, 2.75) is 13.8 Å². The van der Waals surface area contributed by atoms with E-state index in [4.69, 9.17) is 15.9 Å². The molecule has 1 aromatic carbocycles. The van der Waals surface area contributed by atoms with Crippen molar-refractivity contribution in [2.75, 3.05) is 5.73 Å². The van der Waals surface area contributed by atoms with E-state index in [0.29, 0.717) is 5.56 Å². The fourth-order valence-electron chi connectivity index (χ4n) is 1.43. The summed E-state index contributed by atoms with van der Waals surface area (Å²) in [5, 5.41) is 17.8. The van der Waals surface area contributed by atoms with Crippen molar-refractivity contribution < 1.29 is 19.8 Å². The highest BCUT2D eigenvalue weighted by Gasteiger charge is 2.19. The quantitative estimate of drug-likeness (QED) is 0.637. The molecule has 0 radical (unpaired) electrons. The van der Waals surface area contributed by atoms with Crippen LogP contribution in [0.25, 0.3) is 0 Å². The summed E-state index contributed by atoms with van der Waals surface area (Å²) in [6.45, 7) is 3.01. The smallest absolute Gasteiger partial charge is 0.338 e. The van der Waals surface area contributed by atoms with Gasteiger partial charge in [0.25, 0.3) is 0 Å². The van der Waals surface area contributed by atoms with E-state index in [9.17, 15) is 9.59 Å². The van der Waals surface area contributed by atoms with Crippen LogP contribution in [0.3, 0.4) is 0 Å². The maximum absolute atomic E-state index is 10.9. The molecule has 5 nitrogen and oxygen atoms in total. The standard InChI is InChI=1S/C10H11NO4/c1-4-3-6(9(12)13)5(2)7(8(4)11)10(14)15/h3H,11H2,1-2H3,(H,12,13)(H,14,15). The van der Waals surface area contributed by atoms with Crippen LogP contribution in [0.5, 0.6) is 0 Å². The van der Waals surface area contributed by atoms with Crippen LogP contribution in [-0.4, -0.2) is 22.2 Å². The molecule has 80 valence electrons. The van der Waals surface area contributed by atoms with Crippen LogP contribution in [0, 0.1) is 13.8 Å². The number of carbonyl (C=O) groups is 2. The first kappa shape index (κ1) is 11.0. The molecule has 0 aromatic heterocycles. The molecule has 0 saturated carbocycles. The highest BCUT2D eigenvalue weighted by molar-refractivity contribution is 6.01. The van der Waals surface area contributed by atoms with Crippen molar-refractivity contribution in [3.63, 3.8) is 0 Å². The Morgan fingerprint density at radius 2 is 1.73 bits per heavy atom. The van der Waals surface area contributed by atoms with Crippen molar-refractivity contribution in [3.8, 4) is 0 Å². The van der Waals surface area contributed by atoms with Gasteiger partial charge in [-0.15, -0.1) is 0 Å². The largest absolute Gasteiger partial charge is 0.478 e. The zero-order chi connectivity index (χ0) is 11.7. The second kappa shape index (κ2) is 3.61. The highest BCUT2D eigenvalue weighted by Crippen LogP contribution is 2.24. The molecule has 0 atom stereocenters. The number of rotatable bonds is 2. The molecule has 0 amide bonds. The third kappa shape index (κ3) is 1.76. The molecule has 0 spiro atoms. The van der Waals surface area contributed by atoms with E-state index in [2.05, 4.69) is 0 Å². The van der Waals surface area contributed by atoms with Crippen LogP contribution in [0.4, 0.5) is 5.69 Å². The minimum Gasteiger partial charge on any atom is -0.478 e. The van der Waals surface area contributed by atoms with Crippen LogP contribution in [0.15, 0.2) is 6.07 Å². The Hall–Kier alpha value is -2.04. The Balaban J connectivity index is 3.63. The van der Waals surface area contributed by atoms with Gasteiger partial charge in [0.2, 0.25) is 0 Å². The second-order valence-electron chi connectivity index (χ2n) is 3.27. The highest BCUT2D eigenvalue weighted by atomic mass is 16.4. The van der Waals surface area contributed by atoms with Crippen molar-refractivity contribution in [1.82, 2.24) is 0 Å². The molecule has 0 aliphatic heterocycles. The topological polar surface area (TPSA) is 101 Å². The lowest BCUT2D eigenvalue weighted by Crippen LogP contribution is -2.12. The minimum atomic E-state index is -1.21. The monoisotopic (exact) mass is 209 g/mol. The fraction of sp³-hybridized carbons (Fsp3) is 0.200. The zero-order valence-electron chi connectivity index (χ0n) is 8.37. The lowest BCUT2D eigenvalue weighted by Gasteiger charge is -2.10. The van der Waals surface area contributed by atoms with Gasteiger partial charge in [0.1, 0.15) is 0 Å². The summed E-state index contributed by atoms with van der Waals surface area (Å²) in [6, 6.07) is 1.37. The summed E-state index contributed by atoms with van der Waals surface area (Å²) in [6.07, 6.45) is 0. The summed E-state index contributed by atoms with van der Waals surface area (Å²) in [5.74, 6) is -2.37. The van der Waals surface area contributed by atoms with E-state index in [-0.39, 0.29) is 22.4 Å². The number of aromatic carboxylic acids is 2. The fourth-order valence-corrected chi connectivity index (χ4v) is 1.43. The molecule has 0 fully saturated rings. The first-order chi connectivity index (χ1) is 6.86. The van der Waals surface area contributed by atoms with Gasteiger partial charge in [0, 0.05) is 5.69 Å². The van der Waals surface area contributed by atoms with E-state index < -0.39 is 11.9 Å². The van der Waals surface area contributed by atoms with Crippen LogP contribution < -0.4 is 5.73 Å². The lowest BCUT2D eigenvalue weighted by atomic mass is 9.97. The van der Waals surface area contributed by atoms with Gasteiger partial charge in [-0.2, -0.15) is 0 Å². The number of hydrogen-bond acceptors (Lipinski definition) is 3. The number of anilines is 1. The van der Waals surface area contributed by atoms with Crippen molar-refractivity contribution >= 4 is 17.6 Å². The Morgan fingerprint density at radius 1 is 1.20 bits per heavy atom. The Bertz CT molecular complexity index is 451. The van der Waals surface area contributed by atoms with E-state index >= 15 is 0 Å². The molecule has 0 aliphatic carbocycles. The summed E-state index contributed by atoms with van der Waals surface area (Å²) in [5.41, 5.74) is 6.17. The molecule has 0 bridgehead atoms. The summed E-state index contributed by atoms with van der Waals surface area (Å²) in [4.78, 5) is 21.7. The van der Waals surface area contributed by atoms with Gasteiger partial charge in [-0.25, -0.2) is 9.59 Å². The number of nitrogens with two attached hydrogens (primary N) is 1. The van der Waals surface area contributed by atoms with Gasteiger partial charge in [0.15, 0.2) is 0 Å². The minimum absolute atomic E-state index is 0.0286. The normalized spacial score (nSPS) is 10.0. The van der Waals surface area contributed by atoms with Gasteiger partial charge in [0.05, 0.1) is 11.1 Å². The molecule has 0 unspecified atom stereocenters. The van der Waals surface area contributed by atoms with Crippen LogP contribution in [0.1, 0.15) is 31.8 Å². The molecule has 1 rings (SSSR count). The number of hydrogen-bond donors (Lipinski definition) is 3. The third-order valence-corrected chi connectivity index (χ3v) is 2.28. The van der Waals surface area contributed by atoms with Gasteiger partial charge in [-0.1, -0.05) is 0 Å². The maximum atomic E-state index is 10.9. The van der Waals surface area contributed by atoms with E-state index in [0.717, 1.165) is 0 Å². The van der Waals surface area contributed by atoms with Crippen LogP contribution in [-0.2, 0) is 0 Å². The molecule has 0 aliphatic rings. The lowest BCUT2D eigenvalue weighted by molar-refractivity contribution is 0.0696. The molecule has 0 heterocycles. The number of benzene rings is 1. The summed E-state index contributed by atoms with van der Waals surface area (Å²) in [7, 11) is 0. The number of carboxylic acid groups (broad SMARTS) is 2. The number of carboxylic acids is 2. The number of aryl methyl sites for hydroxylation is 1. The Labute approximate surface area is 86.1 Å². The Kier molecular flexibility index (Phi) is 2.65.